The Balaban J connectivity index is 0.000000112. The highest BCUT2D eigenvalue weighted by atomic mass is 14.4. The van der Waals surface area contributed by atoms with Gasteiger partial charge in [-0.2, -0.15) is 0 Å². The van der Waals surface area contributed by atoms with Crippen molar-refractivity contribution in [2.75, 3.05) is 0 Å². The fourth-order valence-corrected chi connectivity index (χ4v) is 22.0. The highest BCUT2D eigenvalue weighted by Crippen LogP contribution is 2.44. The Labute approximate surface area is 509 Å². The lowest BCUT2D eigenvalue weighted by Crippen LogP contribution is -2.21. The number of fused-ring (bicyclic) bond motifs is 31. The second-order valence-electron chi connectivity index (χ2n) is 33.7. The quantitative estimate of drug-likeness (QED) is 0.227. The molecule has 0 aromatic rings. The van der Waals surface area contributed by atoms with Gasteiger partial charge >= 0.3 is 0 Å². The molecule has 20 saturated carbocycles. The first kappa shape index (κ1) is 65.4. The highest BCUT2D eigenvalue weighted by molar-refractivity contribution is 4.82. The molecule has 0 nitrogen and oxygen atoms in total. The van der Waals surface area contributed by atoms with E-state index in [0.29, 0.717) is 0 Å². The molecular formula is C81H146. The molecular weight excluding hydrogens is 973 g/mol. The summed E-state index contributed by atoms with van der Waals surface area (Å²) in [5.74, 6) is 18.1. The van der Waals surface area contributed by atoms with E-state index in [2.05, 4.69) is 0 Å². The Morgan fingerprint density at radius 1 is 0.0741 bits per heavy atom. The van der Waals surface area contributed by atoms with E-state index in [0.717, 1.165) is 94.7 Å². The SMILES string of the molecule is C1CC2CCC1CC2.C1CC2CCCC(C1)CC2.C1CC2CCCC(C1)CCC2.C1CCC2CCC(C1)C2.C1CCC2CCC(C1)CC2.C1CCC2CCCC(C1)C2.C1CCC2CCCC(C1)CC2.C1CCC2CCCC(C1)CCC2. The van der Waals surface area contributed by atoms with Gasteiger partial charge in [0.25, 0.3) is 0 Å². The molecule has 20 aliphatic carbocycles. The number of hydrogen-bond acceptors (Lipinski definition) is 0. The summed E-state index contributed by atoms with van der Waals surface area (Å²) in [5.41, 5.74) is 0. The van der Waals surface area contributed by atoms with E-state index in [1.54, 1.807) is 295 Å². The minimum absolute atomic E-state index is 1.11. The number of hydrogen-bond donors (Lipinski definition) is 0. The van der Waals surface area contributed by atoms with Crippen LogP contribution in [0.15, 0.2) is 0 Å². The van der Waals surface area contributed by atoms with Crippen molar-refractivity contribution in [3.05, 3.63) is 0 Å². The van der Waals surface area contributed by atoms with Crippen LogP contribution in [0.5, 0.6) is 0 Å². The molecule has 0 heteroatoms. The van der Waals surface area contributed by atoms with Gasteiger partial charge in [0.1, 0.15) is 0 Å². The minimum Gasteiger partial charge on any atom is -0.0530 e. The summed E-state index contributed by atoms with van der Waals surface area (Å²) in [4.78, 5) is 0. The fraction of sp³-hybridized carbons (Fsp3) is 1.00. The lowest BCUT2D eigenvalue weighted by atomic mass is 9.71. The molecule has 470 valence electrons. The van der Waals surface area contributed by atoms with Gasteiger partial charge in [0.15, 0.2) is 0 Å². The molecule has 20 fully saturated rings. The maximum absolute atomic E-state index is 1.58. The van der Waals surface area contributed by atoms with Crippen molar-refractivity contribution in [3.63, 3.8) is 0 Å². The third-order valence-electron chi connectivity index (χ3n) is 27.6. The van der Waals surface area contributed by atoms with Crippen LogP contribution in [0.2, 0.25) is 0 Å². The first-order chi connectivity index (χ1) is 40.1. The predicted molar refractivity (Wildman–Crippen MR) is 356 cm³/mol. The molecule has 6 atom stereocenters. The molecule has 81 heavy (non-hydrogen) atoms. The summed E-state index contributed by atoms with van der Waals surface area (Å²) in [6.45, 7) is 0. The largest absolute Gasteiger partial charge is 0.0530 e. The molecule has 0 aromatic heterocycles. The van der Waals surface area contributed by atoms with E-state index in [1.807, 2.05) is 0 Å². The van der Waals surface area contributed by atoms with Crippen molar-refractivity contribution < 1.29 is 0 Å². The van der Waals surface area contributed by atoms with Gasteiger partial charge in [0.2, 0.25) is 0 Å². The van der Waals surface area contributed by atoms with Crippen LogP contribution in [0.25, 0.3) is 0 Å². The fourth-order valence-electron chi connectivity index (χ4n) is 22.0. The van der Waals surface area contributed by atoms with Gasteiger partial charge in [-0.1, -0.05) is 405 Å². The summed E-state index contributed by atoms with van der Waals surface area (Å²) in [6, 6.07) is 0. The summed E-state index contributed by atoms with van der Waals surface area (Å²) < 4.78 is 0. The summed E-state index contributed by atoms with van der Waals surface area (Å²) in [7, 11) is 0. The standard InChI is InChI=1S/C12H22.2C11H20.3C10H18.C9H16.C8H14/c1-2-6-12-9-3-7-11(5-1)8-4-10-12;1-4-10-6-2-7-11(5-1)9-3-8-10;1-2-5-11-7-3-6-10(4-1)8-9-11;1-3-9-5-2-6-10(4-1)8-7-9;1-2-5-10-7-3-6-9(4-1)8-10;1-2-4-10-7-5-9(3-1)6-8-10;1-2-4-9-6-5-8(3-1)7-9;1-2-8-5-3-7(1)4-6-8/h11-12H,1-10H2;2*10-11H,1-9H2;3*9-10H,1-8H2;8-9H,1-7H2;7-8H,1-6H2. The Morgan fingerprint density at radius 2 is 0.160 bits per heavy atom. The average Bonchev–Trinajstić information content (AvgIpc) is 3.64. The van der Waals surface area contributed by atoms with Crippen LogP contribution in [0.1, 0.15) is 417 Å². The first-order valence-corrected chi connectivity index (χ1v) is 40.1. The molecule has 0 spiro atoms. The van der Waals surface area contributed by atoms with Crippen LogP contribution in [0, 0.1) is 94.7 Å². The van der Waals surface area contributed by atoms with Crippen molar-refractivity contribution in [2.24, 2.45) is 94.7 Å². The normalized spacial score (nSPS) is 40.6. The molecule has 0 amide bonds. The zero-order chi connectivity index (χ0) is 55.2. The van der Waals surface area contributed by atoms with Crippen LogP contribution in [0.3, 0.4) is 0 Å². The zero-order valence-corrected chi connectivity index (χ0v) is 55.2. The Kier molecular flexibility index (Phi) is 31.6. The van der Waals surface area contributed by atoms with Gasteiger partial charge < -0.3 is 0 Å². The van der Waals surface area contributed by atoms with Crippen molar-refractivity contribution in [1.29, 1.82) is 0 Å². The van der Waals surface area contributed by atoms with Gasteiger partial charge in [0, 0.05) is 0 Å². The second kappa shape index (κ2) is 39.1. The van der Waals surface area contributed by atoms with E-state index in [1.165, 1.54) is 122 Å². The van der Waals surface area contributed by atoms with Crippen molar-refractivity contribution in [3.8, 4) is 0 Å². The lowest BCUT2D eigenvalue weighted by Gasteiger charge is -2.35. The molecule has 0 aliphatic heterocycles. The van der Waals surface area contributed by atoms with E-state index < -0.39 is 0 Å². The van der Waals surface area contributed by atoms with E-state index in [4.69, 9.17) is 0 Å². The lowest BCUT2D eigenvalue weighted by molar-refractivity contribution is 0.176. The highest BCUT2D eigenvalue weighted by Gasteiger charge is 2.30. The molecule has 0 aromatic carbocycles. The van der Waals surface area contributed by atoms with Crippen LogP contribution < -0.4 is 0 Å². The molecule has 6 unspecified atom stereocenters. The van der Waals surface area contributed by atoms with E-state index in [-0.39, 0.29) is 0 Å². The molecule has 20 aliphatic rings. The van der Waals surface area contributed by atoms with Gasteiger partial charge in [-0.15, -0.1) is 0 Å². The first-order valence-electron chi connectivity index (χ1n) is 40.1. The average molecular weight is 1120 g/mol. The molecule has 0 radical (unpaired) electrons. The van der Waals surface area contributed by atoms with Crippen LogP contribution in [-0.4, -0.2) is 0 Å². The summed E-state index contributed by atoms with van der Waals surface area (Å²) >= 11 is 0. The van der Waals surface area contributed by atoms with Gasteiger partial charge in [-0.3, -0.25) is 0 Å². The summed E-state index contributed by atoms with van der Waals surface area (Å²) in [5, 5.41) is 0. The van der Waals surface area contributed by atoms with Gasteiger partial charge in [-0.05, 0) is 108 Å². The Morgan fingerprint density at radius 3 is 0.346 bits per heavy atom. The topological polar surface area (TPSA) is 0 Å². The van der Waals surface area contributed by atoms with Crippen molar-refractivity contribution >= 4 is 0 Å². The third-order valence-corrected chi connectivity index (χ3v) is 27.6. The predicted octanol–water partition coefficient (Wildman–Crippen LogP) is 27.3. The molecule has 0 saturated heterocycles. The van der Waals surface area contributed by atoms with Crippen LogP contribution in [0.4, 0.5) is 0 Å². The zero-order valence-electron chi connectivity index (χ0n) is 55.2. The smallest absolute Gasteiger partial charge is 0.0412 e. The maximum Gasteiger partial charge on any atom is -0.0412 e. The monoisotopic (exact) mass is 1120 g/mol. The van der Waals surface area contributed by atoms with E-state index in [9.17, 15) is 0 Å². The molecule has 20 rings (SSSR count). The summed E-state index contributed by atoms with van der Waals surface area (Å²) in [6.07, 6.45) is 101. The van der Waals surface area contributed by atoms with Crippen LogP contribution >= 0.6 is 0 Å². The minimum atomic E-state index is 1.11. The van der Waals surface area contributed by atoms with E-state index >= 15 is 0 Å². The molecule has 16 bridgehead atoms. The second-order valence-corrected chi connectivity index (χ2v) is 33.7. The number of rotatable bonds is 0. The van der Waals surface area contributed by atoms with Gasteiger partial charge in [-0.25, -0.2) is 0 Å². The van der Waals surface area contributed by atoms with Crippen molar-refractivity contribution in [2.45, 2.75) is 417 Å². The van der Waals surface area contributed by atoms with Crippen molar-refractivity contribution in [1.82, 2.24) is 0 Å². The molecule has 0 heterocycles. The molecule has 0 N–H and O–H groups in total. The third kappa shape index (κ3) is 25.9. The van der Waals surface area contributed by atoms with Gasteiger partial charge in [0.05, 0.1) is 0 Å². The maximum atomic E-state index is 1.58. The Bertz CT molecular complexity index is 1330. The van der Waals surface area contributed by atoms with Crippen LogP contribution in [-0.2, 0) is 0 Å². The Hall–Kier alpha value is 0.